The van der Waals surface area contributed by atoms with E-state index in [-0.39, 0.29) is 23.5 Å². The van der Waals surface area contributed by atoms with Gasteiger partial charge in [-0.3, -0.25) is 9.59 Å². The number of morpholine rings is 1. The molecule has 4 rings (SSSR count). The van der Waals surface area contributed by atoms with Crippen molar-refractivity contribution < 1.29 is 18.7 Å². The minimum atomic E-state index is -0.558. The van der Waals surface area contributed by atoms with E-state index in [1.807, 2.05) is 9.80 Å². The normalized spacial score (nSPS) is 25.0. The summed E-state index contributed by atoms with van der Waals surface area (Å²) in [5.41, 5.74) is 0.357. The van der Waals surface area contributed by atoms with Crippen molar-refractivity contribution in [3.63, 3.8) is 0 Å². The zero-order chi connectivity index (χ0) is 19.6. The van der Waals surface area contributed by atoms with E-state index >= 15 is 0 Å². The molecular formula is C22H29FN2O3. The van der Waals surface area contributed by atoms with Gasteiger partial charge in [-0.15, -0.1) is 0 Å². The minimum Gasteiger partial charge on any atom is -0.378 e. The van der Waals surface area contributed by atoms with E-state index in [1.165, 1.54) is 12.1 Å². The van der Waals surface area contributed by atoms with E-state index in [2.05, 4.69) is 0 Å². The van der Waals surface area contributed by atoms with Gasteiger partial charge >= 0.3 is 0 Å². The van der Waals surface area contributed by atoms with Crippen molar-refractivity contribution in [2.75, 3.05) is 39.4 Å². The van der Waals surface area contributed by atoms with Crippen LogP contribution in [0.5, 0.6) is 0 Å². The molecule has 6 heteroatoms. The average Bonchev–Trinajstić information content (AvgIpc) is 3.25. The molecule has 5 nitrogen and oxygen atoms in total. The van der Waals surface area contributed by atoms with E-state index < -0.39 is 5.41 Å². The Kier molecular flexibility index (Phi) is 5.67. The van der Waals surface area contributed by atoms with Crippen LogP contribution in [0.3, 0.4) is 0 Å². The Hall–Kier alpha value is -1.95. The first-order chi connectivity index (χ1) is 13.6. The van der Waals surface area contributed by atoms with E-state index in [4.69, 9.17) is 4.74 Å². The highest BCUT2D eigenvalue weighted by molar-refractivity contribution is 5.89. The van der Waals surface area contributed by atoms with E-state index in [0.29, 0.717) is 39.4 Å². The molecule has 0 bridgehead atoms. The molecule has 2 amide bonds. The van der Waals surface area contributed by atoms with E-state index in [1.54, 1.807) is 12.1 Å². The van der Waals surface area contributed by atoms with Gasteiger partial charge < -0.3 is 14.5 Å². The Morgan fingerprint density at radius 2 is 1.64 bits per heavy atom. The molecule has 3 fully saturated rings. The maximum Gasteiger partial charge on any atom is 0.233 e. The molecule has 1 atom stereocenters. The summed E-state index contributed by atoms with van der Waals surface area (Å²) in [6.07, 6.45) is 5.31. The zero-order valence-corrected chi connectivity index (χ0v) is 16.4. The Morgan fingerprint density at radius 3 is 2.32 bits per heavy atom. The summed E-state index contributed by atoms with van der Waals surface area (Å²) in [7, 11) is 0. The Balaban J connectivity index is 1.51. The van der Waals surface area contributed by atoms with E-state index in [0.717, 1.165) is 44.1 Å². The first kappa shape index (κ1) is 19.4. The predicted octanol–water partition coefficient (Wildman–Crippen LogP) is 2.73. The number of halogens is 1. The molecule has 2 saturated heterocycles. The predicted molar refractivity (Wildman–Crippen MR) is 103 cm³/mol. The fourth-order valence-electron chi connectivity index (χ4n) is 5.08. The minimum absolute atomic E-state index is 0.121. The van der Waals surface area contributed by atoms with Crippen LogP contribution in [-0.4, -0.2) is 61.0 Å². The molecule has 2 heterocycles. The number of nitrogens with zero attached hydrogens (tertiary/aromatic N) is 2. The second-order valence-electron chi connectivity index (χ2n) is 8.32. The third-order valence-corrected chi connectivity index (χ3v) is 6.64. The first-order valence-electron chi connectivity index (χ1n) is 10.5. The molecule has 28 heavy (non-hydrogen) atoms. The number of piperidine rings is 1. The summed E-state index contributed by atoms with van der Waals surface area (Å²) in [6, 6.07) is 6.42. The van der Waals surface area contributed by atoms with Gasteiger partial charge in [-0.1, -0.05) is 25.0 Å². The number of amides is 2. The fraction of sp³-hybridized carbons (Fsp3) is 0.636. The van der Waals surface area contributed by atoms with Crippen molar-refractivity contribution in [3.05, 3.63) is 35.6 Å². The van der Waals surface area contributed by atoms with Crippen molar-refractivity contribution in [3.8, 4) is 0 Å². The lowest BCUT2D eigenvalue weighted by Gasteiger charge is -2.40. The molecule has 1 saturated carbocycles. The summed E-state index contributed by atoms with van der Waals surface area (Å²) in [5.74, 6) is -0.125. The molecule has 1 aromatic rings. The Labute approximate surface area is 165 Å². The van der Waals surface area contributed by atoms with Gasteiger partial charge in [0.25, 0.3) is 0 Å². The van der Waals surface area contributed by atoms with Crippen molar-refractivity contribution in [1.82, 2.24) is 9.80 Å². The van der Waals surface area contributed by atoms with Crippen LogP contribution in [0.25, 0.3) is 0 Å². The highest BCUT2D eigenvalue weighted by atomic mass is 19.1. The van der Waals surface area contributed by atoms with Gasteiger partial charge in [0.15, 0.2) is 0 Å². The van der Waals surface area contributed by atoms with Crippen LogP contribution in [-0.2, 0) is 19.7 Å². The molecule has 1 unspecified atom stereocenters. The first-order valence-corrected chi connectivity index (χ1v) is 10.5. The number of carbonyl (C=O) groups is 2. The molecule has 0 aromatic heterocycles. The third-order valence-electron chi connectivity index (χ3n) is 6.64. The van der Waals surface area contributed by atoms with Crippen molar-refractivity contribution >= 4 is 11.8 Å². The third kappa shape index (κ3) is 3.66. The average molecular weight is 388 g/mol. The van der Waals surface area contributed by atoms with Crippen LogP contribution in [0.1, 0.15) is 44.1 Å². The number of benzene rings is 1. The SMILES string of the molecule is O=C(C1CCCN(C(=O)C2(c3ccc(F)cc3)CCCC2)C1)N1CCOCC1. The maximum absolute atomic E-state index is 13.6. The van der Waals surface area contributed by atoms with Crippen LogP contribution in [0.2, 0.25) is 0 Å². The van der Waals surface area contributed by atoms with Gasteiger partial charge in [0.2, 0.25) is 11.8 Å². The molecule has 152 valence electrons. The lowest BCUT2D eigenvalue weighted by atomic mass is 9.77. The molecule has 1 aromatic carbocycles. The monoisotopic (exact) mass is 388 g/mol. The van der Waals surface area contributed by atoms with Gasteiger partial charge in [0, 0.05) is 26.2 Å². The van der Waals surface area contributed by atoms with Crippen molar-refractivity contribution in [2.24, 2.45) is 5.92 Å². The number of hydrogen-bond acceptors (Lipinski definition) is 3. The second kappa shape index (κ2) is 8.19. The maximum atomic E-state index is 13.6. The number of rotatable bonds is 3. The smallest absolute Gasteiger partial charge is 0.233 e. The van der Waals surface area contributed by atoms with Crippen LogP contribution >= 0.6 is 0 Å². The van der Waals surface area contributed by atoms with Gasteiger partial charge in [-0.05, 0) is 43.4 Å². The topological polar surface area (TPSA) is 49.9 Å². The quantitative estimate of drug-likeness (QED) is 0.800. The standard InChI is InChI=1S/C22H29FN2O3/c23-19-7-5-18(6-8-19)22(9-1-2-10-22)21(27)25-11-3-4-17(16-25)20(26)24-12-14-28-15-13-24/h5-8,17H,1-4,9-16H2. The van der Waals surface area contributed by atoms with Crippen molar-refractivity contribution in [2.45, 2.75) is 43.9 Å². The molecule has 0 radical (unpaired) electrons. The lowest BCUT2D eigenvalue weighted by molar-refractivity contribution is -0.146. The molecule has 1 aliphatic carbocycles. The molecule has 0 spiro atoms. The zero-order valence-electron chi connectivity index (χ0n) is 16.4. The second-order valence-corrected chi connectivity index (χ2v) is 8.32. The summed E-state index contributed by atoms with van der Waals surface area (Å²) < 4.78 is 18.8. The number of carbonyl (C=O) groups excluding carboxylic acids is 2. The molecular weight excluding hydrogens is 359 g/mol. The summed E-state index contributed by atoms with van der Waals surface area (Å²) in [4.78, 5) is 30.3. The number of hydrogen-bond donors (Lipinski definition) is 0. The highest BCUT2D eigenvalue weighted by Crippen LogP contribution is 2.43. The lowest BCUT2D eigenvalue weighted by Crippen LogP contribution is -2.53. The largest absolute Gasteiger partial charge is 0.378 e. The van der Waals surface area contributed by atoms with Gasteiger partial charge in [0.1, 0.15) is 5.82 Å². The van der Waals surface area contributed by atoms with Crippen LogP contribution in [0.15, 0.2) is 24.3 Å². The van der Waals surface area contributed by atoms with Gasteiger partial charge in [-0.2, -0.15) is 0 Å². The molecule has 3 aliphatic rings. The fourth-order valence-corrected chi connectivity index (χ4v) is 5.08. The molecule has 2 aliphatic heterocycles. The number of ether oxygens (including phenoxy) is 1. The molecule has 0 N–H and O–H groups in total. The van der Waals surface area contributed by atoms with E-state index in [9.17, 15) is 14.0 Å². The Bertz CT molecular complexity index is 709. The van der Waals surface area contributed by atoms with Crippen LogP contribution in [0, 0.1) is 11.7 Å². The van der Waals surface area contributed by atoms with Gasteiger partial charge in [0.05, 0.1) is 24.5 Å². The number of likely N-dealkylation sites (tertiary alicyclic amines) is 1. The highest BCUT2D eigenvalue weighted by Gasteiger charge is 2.46. The van der Waals surface area contributed by atoms with Gasteiger partial charge in [-0.25, -0.2) is 4.39 Å². The van der Waals surface area contributed by atoms with Crippen LogP contribution < -0.4 is 0 Å². The summed E-state index contributed by atoms with van der Waals surface area (Å²) >= 11 is 0. The Morgan fingerprint density at radius 1 is 0.964 bits per heavy atom. The van der Waals surface area contributed by atoms with Crippen molar-refractivity contribution in [1.29, 1.82) is 0 Å². The summed E-state index contributed by atoms with van der Waals surface area (Å²) in [5, 5.41) is 0. The van der Waals surface area contributed by atoms with Crippen LogP contribution in [0.4, 0.5) is 4.39 Å². The summed E-state index contributed by atoms with van der Waals surface area (Å²) in [6.45, 7) is 3.67.